The fourth-order valence-electron chi connectivity index (χ4n) is 2.10. The fourth-order valence-corrected chi connectivity index (χ4v) is 2.10. The van der Waals surface area contributed by atoms with E-state index in [0.717, 1.165) is 6.42 Å². The van der Waals surface area contributed by atoms with Gasteiger partial charge in [-0.3, -0.25) is 4.79 Å². The van der Waals surface area contributed by atoms with Crippen molar-refractivity contribution >= 4 is 5.97 Å². The Morgan fingerprint density at radius 2 is 2.29 bits per heavy atom. The van der Waals surface area contributed by atoms with Crippen LogP contribution in [0.1, 0.15) is 41.0 Å². The van der Waals surface area contributed by atoms with Gasteiger partial charge in [-0.25, -0.2) is 0 Å². The molecule has 96 valence electrons. The minimum Gasteiger partial charge on any atom is -0.465 e. The highest BCUT2D eigenvalue weighted by Crippen LogP contribution is 2.43. The molecule has 0 fully saturated rings. The van der Waals surface area contributed by atoms with Crippen LogP contribution < -0.4 is 0 Å². The van der Waals surface area contributed by atoms with E-state index in [2.05, 4.69) is 45.9 Å². The highest BCUT2D eigenvalue weighted by molar-refractivity contribution is 5.65. The Hall–Kier alpha value is -1.05. The topological polar surface area (TPSA) is 26.3 Å². The molecule has 0 saturated heterocycles. The second-order valence-corrected chi connectivity index (χ2v) is 5.62. The van der Waals surface area contributed by atoms with Gasteiger partial charge in [-0.05, 0) is 24.7 Å². The van der Waals surface area contributed by atoms with Gasteiger partial charge in [0.05, 0.1) is 6.61 Å². The van der Waals surface area contributed by atoms with Crippen LogP contribution in [-0.4, -0.2) is 12.6 Å². The SMILES string of the molecule is CC(=O)OCC(C)/C=C/C1CC=C(C)C1(C)C. The van der Waals surface area contributed by atoms with Crippen LogP contribution in [0.2, 0.25) is 0 Å². The van der Waals surface area contributed by atoms with Gasteiger partial charge in [0, 0.05) is 12.8 Å². The molecule has 2 unspecified atom stereocenters. The molecule has 0 aromatic carbocycles. The minimum atomic E-state index is -0.205. The Morgan fingerprint density at radius 3 is 2.76 bits per heavy atom. The maximum atomic E-state index is 10.7. The largest absolute Gasteiger partial charge is 0.465 e. The third kappa shape index (κ3) is 3.72. The van der Waals surface area contributed by atoms with Crippen molar-refractivity contribution in [1.82, 2.24) is 0 Å². The van der Waals surface area contributed by atoms with Crippen LogP contribution >= 0.6 is 0 Å². The summed E-state index contributed by atoms with van der Waals surface area (Å²) in [6.07, 6.45) is 7.89. The zero-order valence-electron chi connectivity index (χ0n) is 11.6. The monoisotopic (exact) mass is 236 g/mol. The van der Waals surface area contributed by atoms with Gasteiger partial charge >= 0.3 is 5.97 Å². The number of ether oxygens (including phenoxy) is 1. The molecule has 0 aromatic heterocycles. The molecule has 0 radical (unpaired) electrons. The molecule has 0 bridgehead atoms. The number of allylic oxidation sites excluding steroid dienone is 3. The number of hydrogen-bond acceptors (Lipinski definition) is 2. The predicted molar refractivity (Wildman–Crippen MR) is 70.6 cm³/mol. The Balaban J connectivity index is 2.47. The van der Waals surface area contributed by atoms with Gasteiger partial charge in [0.1, 0.15) is 0 Å². The van der Waals surface area contributed by atoms with Gasteiger partial charge in [-0.1, -0.05) is 44.6 Å². The number of hydrogen-bond donors (Lipinski definition) is 0. The number of esters is 1. The summed E-state index contributed by atoms with van der Waals surface area (Å²) < 4.78 is 4.99. The molecule has 0 saturated carbocycles. The van der Waals surface area contributed by atoms with Gasteiger partial charge in [0.2, 0.25) is 0 Å². The summed E-state index contributed by atoms with van der Waals surface area (Å²) in [7, 11) is 0. The van der Waals surface area contributed by atoms with Gasteiger partial charge in [-0.2, -0.15) is 0 Å². The van der Waals surface area contributed by atoms with Crippen molar-refractivity contribution in [2.75, 3.05) is 6.61 Å². The van der Waals surface area contributed by atoms with E-state index in [9.17, 15) is 4.79 Å². The molecule has 17 heavy (non-hydrogen) atoms. The molecule has 2 atom stereocenters. The highest BCUT2D eigenvalue weighted by Gasteiger charge is 2.32. The van der Waals surface area contributed by atoms with Crippen LogP contribution in [0.4, 0.5) is 0 Å². The molecule has 0 spiro atoms. The average molecular weight is 236 g/mol. The summed E-state index contributed by atoms with van der Waals surface area (Å²) in [5, 5.41) is 0. The van der Waals surface area contributed by atoms with Crippen LogP contribution in [-0.2, 0) is 9.53 Å². The molecule has 1 rings (SSSR count). The lowest BCUT2D eigenvalue weighted by atomic mass is 9.77. The summed E-state index contributed by atoms with van der Waals surface area (Å²) in [5.74, 6) is 0.654. The summed E-state index contributed by atoms with van der Waals surface area (Å²) in [6, 6.07) is 0. The van der Waals surface area contributed by atoms with Gasteiger partial charge < -0.3 is 4.74 Å². The van der Waals surface area contributed by atoms with Crippen molar-refractivity contribution in [2.45, 2.75) is 41.0 Å². The Labute approximate surface area is 105 Å². The first-order valence-corrected chi connectivity index (χ1v) is 6.33. The van der Waals surface area contributed by atoms with E-state index in [0.29, 0.717) is 12.5 Å². The third-order valence-corrected chi connectivity index (χ3v) is 3.84. The predicted octanol–water partition coefficient (Wildman–Crippen LogP) is 3.73. The van der Waals surface area contributed by atoms with Gasteiger partial charge in [0.15, 0.2) is 0 Å². The summed E-state index contributed by atoms with van der Waals surface area (Å²) >= 11 is 0. The van der Waals surface area contributed by atoms with Gasteiger partial charge in [-0.15, -0.1) is 0 Å². The van der Waals surface area contributed by atoms with Crippen molar-refractivity contribution < 1.29 is 9.53 Å². The Kier molecular flexibility index (Phi) is 4.55. The first kappa shape index (κ1) is 14.0. The summed E-state index contributed by atoms with van der Waals surface area (Å²) in [5.41, 5.74) is 1.73. The lowest BCUT2D eigenvalue weighted by Crippen LogP contribution is -2.18. The zero-order valence-corrected chi connectivity index (χ0v) is 11.6. The molecule has 1 aliphatic rings. The molecule has 0 aromatic rings. The van der Waals surface area contributed by atoms with Crippen LogP contribution in [0.25, 0.3) is 0 Å². The number of carbonyl (C=O) groups is 1. The van der Waals surface area contributed by atoms with Crippen molar-refractivity contribution in [2.24, 2.45) is 17.3 Å². The van der Waals surface area contributed by atoms with Gasteiger partial charge in [0.25, 0.3) is 0 Å². The molecule has 2 heteroatoms. The minimum absolute atomic E-state index is 0.205. The molecule has 0 amide bonds. The van der Waals surface area contributed by atoms with Crippen LogP contribution in [0.5, 0.6) is 0 Å². The Bertz CT molecular complexity index is 337. The maximum Gasteiger partial charge on any atom is 0.302 e. The van der Waals surface area contributed by atoms with Crippen LogP contribution in [0.15, 0.2) is 23.8 Å². The average Bonchev–Trinajstić information content (AvgIpc) is 2.49. The van der Waals surface area contributed by atoms with Crippen molar-refractivity contribution in [3.05, 3.63) is 23.8 Å². The van der Waals surface area contributed by atoms with Crippen molar-refractivity contribution in [3.63, 3.8) is 0 Å². The zero-order chi connectivity index (χ0) is 13.1. The van der Waals surface area contributed by atoms with Crippen molar-refractivity contribution in [3.8, 4) is 0 Å². The van der Waals surface area contributed by atoms with E-state index >= 15 is 0 Å². The lowest BCUT2D eigenvalue weighted by Gasteiger charge is -2.27. The number of rotatable bonds is 4. The molecular weight excluding hydrogens is 212 g/mol. The summed E-state index contributed by atoms with van der Waals surface area (Å²) in [4.78, 5) is 10.7. The third-order valence-electron chi connectivity index (χ3n) is 3.84. The second kappa shape index (κ2) is 5.52. The normalized spacial score (nSPS) is 24.8. The molecular formula is C15H24O2. The molecule has 0 N–H and O–H groups in total. The lowest BCUT2D eigenvalue weighted by molar-refractivity contribution is -0.141. The van der Waals surface area contributed by atoms with E-state index < -0.39 is 0 Å². The van der Waals surface area contributed by atoms with E-state index in [1.807, 2.05) is 0 Å². The number of carbonyl (C=O) groups excluding carboxylic acids is 1. The van der Waals surface area contributed by atoms with Crippen LogP contribution in [0.3, 0.4) is 0 Å². The fraction of sp³-hybridized carbons (Fsp3) is 0.667. The molecule has 1 aliphatic carbocycles. The first-order chi connectivity index (χ1) is 7.84. The standard InChI is InChI=1S/C15H24O2/c1-11(10-17-13(3)16)6-8-14-9-7-12(2)15(14,4)5/h6-8,11,14H,9-10H2,1-5H3/b8-6+. The smallest absolute Gasteiger partial charge is 0.302 e. The molecule has 0 heterocycles. The first-order valence-electron chi connectivity index (χ1n) is 6.33. The quantitative estimate of drug-likeness (QED) is 0.549. The van der Waals surface area contributed by atoms with E-state index in [1.54, 1.807) is 0 Å². The van der Waals surface area contributed by atoms with Crippen molar-refractivity contribution in [1.29, 1.82) is 0 Å². The maximum absolute atomic E-state index is 10.7. The van der Waals surface area contributed by atoms with E-state index in [4.69, 9.17) is 4.74 Å². The van der Waals surface area contributed by atoms with E-state index in [-0.39, 0.29) is 17.3 Å². The second-order valence-electron chi connectivity index (χ2n) is 5.62. The summed E-state index contributed by atoms with van der Waals surface area (Å²) in [6.45, 7) is 10.8. The Morgan fingerprint density at radius 1 is 1.65 bits per heavy atom. The molecule has 0 aliphatic heterocycles. The van der Waals surface area contributed by atoms with E-state index in [1.165, 1.54) is 12.5 Å². The highest BCUT2D eigenvalue weighted by atomic mass is 16.5. The molecule has 2 nitrogen and oxygen atoms in total. The van der Waals surface area contributed by atoms with Crippen LogP contribution in [0, 0.1) is 17.3 Å².